The van der Waals surface area contributed by atoms with Crippen molar-refractivity contribution in [2.75, 3.05) is 18.2 Å². The summed E-state index contributed by atoms with van der Waals surface area (Å²) >= 11 is 1.79. The van der Waals surface area contributed by atoms with Crippen LogP contribution in [0.3, 0.4) is 0 Å². The first-order valence-electron chi connectivity index (χ1n) is 7.45. The topological polar surface area (TPSA) is 64.3 Å². The molecule has 126 valence electrons. The second-order valence-electron chi connectivity index (χ2n) is 5.14. The zero-order chi connectivity index (χ0) is 15.8. The summed E-state index contributed by atoms with van der Waals surface area (Å²) in [5, 5.41) is 4.95. The van der Waals surface area contributed by atoms with E-state index in [4.69, 9.17) is 10.5 Å². The van der Waals surface area contributed by atoms with E-state index in [2.05, 4.69) is 22.8 Å². The lowest BCUT2D eigenvalue weighted by atomic mass is 10.1. The van der Waals surface area contributed by atoms with Crippen LogP contribution in [0.15, 0.2) is 35.7 Å². The number of benzene rings is 1. The molecule has 1 aromatic heterocycles. The number of anilines is 2. The Hall–Kier alpha value is -1.72. The van der Waals surface area contributed by atoms with Crippen molar-refractivity contribution in [3.63, 3.8) is 0 Å². The normalized spacial score (nSPS) is 9.96. The van der Waals surface area contributed by atoms with Crippen molar-refractivity contribution in [2.24, 2.45) is 0 Å². The van der Waals surface area contributed by atoms with Crippen LogP contribution in [-0.4, -0.2) is 13.0 Å². The molecule has 0 spiro atoms. The number of aryl methyl sites for hydroxylation is 1. The van der Waals surface area contributed by atoms with Crippen LogP contribution in [0.5, 0.6) is 5.75 Å². The first-order chi connectivity index (χ1) is 10.7. The Morgan fingerprint density at radius 2 is 2.09 bits per heavy atom. The largest absolute Gasteiger partial charge is 0.497 e. The van der Waals surface area contributed by atoms with Crippen LogP contribution in [0, 0.1) is 0 Å². The minimum absolute atomic E-state index is 0. The van der Waals surface area contributed by atoms with Crippen molar-refractivity contribution in [1.82, 2.24) is 0 Å². The number of nitrogens with two attached hydrogens (primary N) is 1. The minimum atomic E-state index is -0.00363. The van der Waals surface area contributed by atoms with E-state index < -0.39 is 0 Å². The lowest BCUT2D eigenvalue weighted by molar-refractivity contribution is -0.116. The number of amides is 1. The van der Waals surface area contributed by atoms with Gasteiger partial charge in [0.05, 0.1) is 18.5 Å². The number of nitrogens with one attached hydrogen (secondary N) is 1. The van der Waals surface area contributed by atoms with Crippen LogP contribution >= 0.6 is 23.7 Å². The third-order valence-electron chi connectivity index (χ3n) is 3.44. The Labute approximate surface area is 147 Å². The smallest absolute Gasteiger partial charge is 0.224 e. The third kappa shape index (κ3) is 6.50. The van der Waals surface area contributed by atoms with E-state index in [1.54, 1.807) is 36.6 Å². The van der Waals surface area contributed by atoms with Crippen LogP contribution in [-0.2, 0) is 11.2 Å². The van der Waals surface area contributed by atoms with E-state index in [1.165, 1.54) is 4.88 Å². The number of hydrogen-bond acceptors (Lipinski definition) is 4. The summed E-state index contributed by atoms with van der Waals surface area (Å²) in [4.78, 5) is 13.4. The van der Waals surface area contributed by atoms with Crippen LogP contribution in [0.1, 0.15) is 30.6 Å². The molecule has 4 nitrogen and oxygen atoms in total. The van der Waals surface area contributed by atoms with E-state index in [0.29, 0.717) is 23.5 Å². The average Bonchev–Trinajstić information content (AvgIpc) is 3.02. The highest BCUT2D eigenvalue weighted by Gasteiger charge is 2.06. The molecule has 0 fully saturated rings. The number of hydrogen-bond donors (Lipinski definition) is 2. The lowest BCUT2D eigenvalue weighted by Gasteiger charge is -2.10. The molecule has 0 radical (unpaired) electrons. The molecule has 23 heavy (non-hydrogen) atoms. The van der Waals surface area contributed by atoms with Gasteiger partial charge in [-0.15, -0.1) is 23.7 Å². The highest BCUT2D eigenvalue weighted by molar-refractivity contribution is 7.09. The molecule has 0 bridgehead atoms. The van der Waals surface area contributed by atoms with E-state index in [9.17, 15) is 4.79 Å². The molecular formula is C17H23ClN2O2S. The molecule has 0 saturated carbocycles. The number of methoxy groups -OCH3 is 1. The highest BCUT2D eigenvalue weighted by atomic mass is 35.5. The van der Waals surface area contributed by atoms with Crippen molar-refractivity contribution in [1.29, 1.82) is 0 Å². The maximum atomic E-state index is 12.0. The van der Waals surface area contributed by atoms with Gasteiger partial charge in [-0.25, -0.2) is 0 Å². The van der Waals surface area contributed by atoms with E-state index in [0.717, 1.165) is 25.7 Å². The predicted molar refractivity (Wildman–Crippen MR) is 99.8 cm³/mol. The van der Waals surface area contributed by atoms with Crippen molar-refractivity contribution < 1.29 is 9.53 Å². The SMILES string of the molecule is COc1ccc(N)c(NC(=O)CCCCCc2cccs2)c1.Cl. The Bertz CT molecular complexity index is 603. The molecule has 0 saturated heterocycles. The molecular weight excluding hydrogens is 332 g/mol. The molecule has 6 heteroatoms. The lowest BCUT2D eigenvalue weighted by Crippen LogP contribution is -2.12. The summed E-state index contributed by atoms with van der Waals surface area (Å²) in [5.41, 5.74) is 7.02. The van der Waals surface area contributed by atoms with E-state index >= 15 is 0 Å². The number of thiophene rings is 1. The number of ether oxygens (including phenoxy) is 1. The molecule has 1 amide bonds. The van der Waals surface area contributed by atoms with Gasteiger partial charge in [0.2, 0.25) is 5.91 Å². The summed E-state index contributed by atoms with van der Waals surface area (Å²) in [6, 6.07) is 9.48. The second-order valence-corrected chi connectivity index (χ2v) is 6.17. The van der Waals surface area contributed by atoms with Gasteiger partial charge in [-0.2, -0.15) is 0 Å². The van der Waals surface area contributed by atoms with Gasteiger partial charge in [0, 0.05) is 17.4 Å². The van der Waals surface area contributed by atoms with Gasteiger partial charge in [0.25, 0.3) is 0 Å². The van der Waals surface area contributed by atoms with Crippen molar-refractivity contribution in [3.05, 3.63) is 40.6 Å². The fraction of sp³-hybridized carbons (Fsp3) is 0.353. The zero-order valence-electron chi connectivity index (χ0n) is 13.2. The molecule has 0 unspecified atom stereocenters. The maximum absolute atomic E-state index is 12.0. The van der Waals surface area contributed by atoms with Gasteiger partial charge < -0.3 is 15.8 Å². The fourth-order valence-corrected chi connectivity index (χ4v) is 2.95. The average molecular weight is 355 g/mol. The summed E-state index contributed by atoms with van der Waals surface area (Å²) in [6.45, 7) is 0. The van der Waals surface area contributed by atoms with Crippen molar-refractivity contribution >= 4 is 41.0 Å². The number of rotatable bonds is 8. The van der Waals surface area contributed by atoms with Crippen LogP contribution in [0.25, 0.3) is 0 Å². The van der Waals surface area contributed by atoms with Crippen LogP contribution < -0.4 is 15.8 Å². The number of carbonyl (C=O) groups is 1. The number of nitrogen functional groups attached to an aromatic ring is 1. The maximum Gasteiger partial charge on any atom is 0.224 e. The molecule has 1 aromatic carbocycles. The molecule has 3 N–H and O–H groups in total. The monoisotopic (exact) mass is 354 g/mol. The van der Waals surface area contributed by atoms with Gasteiger partial charge in [-0.1, -0.05) is 12.5 Å². The third-order valence-corrected chi connectivity index (χ3v) is 4.38. The quantitative estimate of drug-likeness (QED) is 0.541. The first-order valence-corrected chi connectivity index (χ1v) is 8.33. The molecule has 0 aliphatic carbocycles. The van der Waals surface area contributed by atoms with Gasteiger partial charge >= 0.3 is 0 Å². The number of carbonyl (C=O) groups excluding carboxylic acids is 1. The van der Waals surface area contributed by atoms with E-state index in [-0.39, 0.29) is 18.3 Å². The number of halogens is 1. The summed E-state index contributed by atoms with van der Waals surface area (Å²) in [6.07, 6.45) is 4.68. The zero-order valence-corrected chi connectivity index (χ0v) is 14.8. The number of unbranched alkanes of at least 4 members (excludes halogenated alkanes) is 2. The Morgan fingerprint density at radius 1 is 1.26 bits per heavy atom. The van der Waals surface area contributed by atoms with Crippen molar-refractivity contribution in [2.45, 2.75) is 32.1 Å². The van der Waals surface area contributed by atoms with Gasteiger partial charge in [-0.3, -0.25) is 4.79 Å². The molecule has 2 rings (SSSR count). The minimum Gasteiger partial charge on any atom is -0.497 e. The van der Waals surface area contributed by atoms with E-state index in [1.807, 2.05) is 0 Å². The van der Waals surface area contributed by atoms with Gasteiger partial charge in [0.1, 0.15) is 5.75 Å². The summed E-state index contributed by atoms with van der Waals surface area (Å²) in [5.74, 6) is 0.677. The molecule has 1 heterocycles. The molecule has 0 atom stereocenters. The molecule has 0 aliphatic rings. The standard InChI is InChI=1S/C17H22N2O2S.ClH/c1-21-13-9-10-15(18)16(12-13)19-17(20)8-4-2-3-6-14-7-5-11-22-14;/h5,7,9-12H,2-4,6,8,18H2,1H3,(H,19,20);1H. The Balaban J connectivity index is 0.00000264. The summed E-state index contributed by atoms with van der Waals surface area (Å²) < 4.78 is 5.13. The Kier molecular flexibility index (Phi) is 8.51. The van der Waals surface area contributed by atoms with Gasteiger partial charge in [0.15, 0.2) is 0 Å². The van der Waals surface area contributed by atoms with Gasteiger partial charge in [-0.05, 0) is 42.8 Å². The Morgan fingerprint density at radius 3 is 2.78 bits per heavy atom. The van der Waals surface area contributed by atoms with Crippen LogP contribution in [0.4, 0.5) is 11.4 Å². The summed E-state index contributed by atoms with van der Waals surface area (Å²) in [7, 11) is 1.59. The fourth-order valence-electron chi connectivity index (χ4n) is 2.20. The predicted octanol–water partition coefficient (Wildman–Crippen LogP) is 4.50. The molecule has 2 aromatic rings. The highest BCUT2D eigenvalue weighted by Crippen LogP contribution is 2.24. The van der Waals surface area contributed by atoms with Crippen LogP contribution in [0.2, 0.25) is 0 Å². The second kappa shape index (κ2) is 10.1. The molecule has 0 aliphatic heterocycles. The first kappa shape index (κ1) is 19.3. The van der Waals surface area contributed by atoms with Crippen molar-refractivity contribution in [3.8, 4) is 5.75 Å².